The van der Waals surface area contributed by atoms with Crippen molar-refractivity contribution in [1.82, 2.24) is 0 Å². The van der Waals surface area contributed by atoms with Gasteiger partial charge in [-0.05, 0) is 28.1 Å². The monoisotopic (exact) mass is 270 g/mol. The highest BCUT2D eigenvalue weighted by Crippen LogP contribution is 2.40. The van der Waals surface area contributed by atoms with Gasteiger partial charge in [0, 0.05) is 0 Å². The molecule has 0 saturated heterocycles. The normalized spacial score (nSPS) is 11.5. The molecular formula is C8H6BrF3O2. The lowest BCUT2D eigenvalue weighted by Crippen LogP contribution is -2.05. The van der Waals surface area contributed by atoms with E-state index in [1.165, 1.54) is 7.11 Å². The first-order valence-corrected chi connectivity index (χ1v) is 4.29. The number of phenolic OH excluding ortho intramolecular Hbond substituents is 1. The highest BCUT2D eigenvalue weighted by atomic mass is 79.9. The van der Waals surface area contributed by atoms with E-state index in [2.05, 4.69) is 20.7 Å². The van der Waals surface area contributed by atoms with Crippen LogP contribution in [0.5, 0.6) is 11.5 Å². The summed E-state index contributed by atoms with van der Waals surface area (Å²) in [7, 11) is 1.25. The number of methoxy groups -OCH3 is 1. The minimum Gasteiger partial charge on any atom is -0.507 e. The van der Waals surface area contributed by atoms with Gasteiger partial charge in [0.15, 0.2) is 0 Å². The fraction of sp³-hybridized carbons (Fsp3) is 0.250. The molecule has 1 rings (SSSR count). The van der Waals surface area contributed by atoms with E-state index in [0.29, 0.717) is 0 Å². The maximum Gasteiger partial charge on any atom is 0.420 e. The first-order valence-electron chi connectivity index (χ1n) is 3.50. The van der Waals surface area contributed by atoms with Gasteiger partial charge in [-0.3, -0.25) is 0 Å². The largest absolute Gasteiger partial charge is 0.507 e. The number of aromatic hydroxyl groups is 1. The van der Waals surface area contributed by atoms with E-state index in [1.807, 2.05) is 0 Å². The van der Waals surface area contributed by atoms with Crippen LogP contribution in [0.1, 0.15) is 5.56 Å². The second-order valence-electron chi connectivity index (χ2n) is 2.50. The number of alkyl halides is 3. The van der Waals surface area contributed by atoms with E-state index in [-0.39, 0.29) is 10.2 Å². The third-order valence-corrected chi connectivity index (χ3v) is 2.20. The van der Waals surface area contributed by atoms with Crippen molar-refractivity contribution in [1.29, 1.82) is 0 Å². The molecule has 6 heteroatoms. The van der Waals surface area contributed by atoms with Crippen LogP contribution >= 0.6 is 15.9 Å². The fourth-order valence-corrected chi connectivity index (χ4v) is 1.42. The summed E-state index contributed by atoms with van der Waals surface area (Å²) in [5.41, 5.74) is -1.11. The predicted molar refractivity (Wildman–Crippen MR) is 47.4 cm³/mol. The maximum atomic E-state index is 12.3. The lowest BCUT2D eigenvalue weighted by Gasteiger charge is -2.11. The zero-order valence-corrected chi connectivity index (χ0v) is 8.61. The molecule has 0 atom stereocenters. The number of ether oxygens (including phenoxy) is 1. The molecule has 14 heavy (non-hydrogen) atoms. The third-order valence-electron chi connectivity index (χ3n) is 1.58. The van der Waals surface area contributed by atoms with Gasteiger partial charge in [-0.2, -0.15) is 13.2 Å². The number of benzene rings is 1. The number of halogens is 4. The van der Waals surface area contributed by atoms with Crippen molar-refractivity contribution in [2.75, 3.05) is 7.11 Å². The molecule has 1 aromatic carbocycles. The van der Waals surface area contributed by atoms with Gasteiger partial charge < -0.3 is 9.84 Å². The van der Waals surface area contributed by atoms with E-state index in [1.54, 1.807) is 0 Å². The highest BCUT2D eigenvalue weighted by Gasteiger charge is 2.34. The van der Waals surface area contributed by atoms with Gasteiger partial charge in [0.1, 0.15) is 17.1 Å². The SMILES string of the molecule is COc1cc(C(F)(F)F)c(O)cc1Br. The highest BCUT2D eigenvalue weighted by molar-refractivity contribution is 9.10. The van der Waals surface area contributed by atoms with Gasteiger partial charge in [-0.25, -0.2) is 0 Å². The summed E-state index contributed by atoms with van der Waals surface area (Å²) in [5.74, 6) is -0.805. The van der Waals surface area contributed by atoms with Gasteiger partial charge in [0.25, 0.3) is 0 Å². The van der Waals surface area contributed by atoms with Crippen LogP contribution < -0.4 is 4.74 Å². The molecule has 0 bridgehead atoms. The van der Waals surface area contributed by atoms with E-state index in [4.69, 9.17) is 5.11 Å². The van der Waals surface area contributed by atoms with Crippen molar-refractivity contribution in [2.45, 2.75) is 6.18 Å². The minimum atomic E-state index is -4.59. The lowest BCUT2D eigenvalue weighted by atomic mass is 10.2. The number of phenols is 1. The molecule has 1 aromatic rings. The third kappa shape index (κ3) is 2.12. The quantitative estimate of drug-likeness (QED) is 0.850. The zero-order valence-electron chi connectivity index (χ0n) is 7.02. The Morgan fingerprint density at radius 2 is 1.93 bits per heavy atom. The molecule has 0 fully saturated rings. The Labute approximate surface area is 86.4 Å². The molecule has 2 nitrogen and oxygen atoms in total. The molecule has 0 amide bonds. The Kier molecular flexibility index (Phi) is 2.94. The van der Waals surface area contributed by atoms with E-state index in [0.717, 1.165) is 12.1 Å². The molecule has 0 aliphatic rings. The summed E-state index contributed by atoms with van der Waals surface area (Å²) in [5, 5.41) is 9.04. The second kappa shape index (κ2) is 3.68. The molecule has 0 aromatic heterocycles. The number of rotatable bonds is 1. The Morgan fingerprint density at radius 3 is 2.36 bits per heavy atom. The van der Waals surface area contributed by atoms with Crippen LogP contribution in [-0.2, 0) is 6.18 Å². The molecule has 78 valence electrons. The lowest BCUT2D eigenvalue weighted by molar-refractivity contribution is -0.138. The zero-order chi connectivity index (χ0) is 10.9. The van der Waals surface area contributed by atoms with E-state index < -0.39 is 17.5 Å². The molecular weight excluding hydrogens is 265 g/mol. The fourth-order valence-electron chi connectivity index (χ4n) is 0.926. The van der Waals surface area contributed by atoms with E-state index >= 15 is 0 Å². The molecule has 0 spiro atoms. The standard InChI is InChI=1S/C8H6BrF3O2/c1-14-7-2-4(8(10,11)12)6(13)3-5(7)9/h2-3,13H,1H3. The van der Waals surface area contributed by atoms with Crippen LogP contribution in [0.3, 0.4) is 0 Å². The molecule has 0 radical (unpaired) electrons. The van der Waals surface area contributed by atoms with Gasteiger partial charge in [-0.1, -0.05) is 0 Å². The van der Waals surface area contributed by atoms with Crippen molar-refractivity contribution in [3.63, 3.8) is 0 Å². The van der Waals surface area contributed by atoms with Crippen molar-refractivity contribution in [3.05, 3.63) is 22.2 Å². The molecule has 0 saturated carbocycles. The van der Waals surface area contributed by atoms with Crippen molar-refractivity contribution in [2.24, 2.45) is 0 Å². The van der Waals surface area contributed by atoms with E-state index in [9.17, 15) is 13.2 Å². The predicted octanol–water partition coefficient (Wildman–Crippen LogP) is 3.18. The van der Waals surface area contributed by atoms with Gasteiger partial charge in [0.05, 0.1) is 11.6 Å². The minimum absolute atomic E-state index is 0.0233. The van der Waals surface area contributed by atoms with Crippen LogP contribution in [0, 0.1) is 0 Å². The van der Waals surface area contributed by atoms with Gasteiger partial charge in [0.2, 0.25) is 0 Å². The summed E-state index contributed by atoms with van der Waals surface area (Å²) in [4.78, 5) is 0. The first kappa shape index (κ1) is 11.2. The van der Waals surface area contributed by atoms with Crippen molar-refractivity contribution in [3.8, 4) is 11.5 Å². The maximum absolute atomic E-state index is 12.3. The smallest absolute Gasteiger partial charge is 0.420 e. The average molecular weight is 271 g/mol. The molecule has 0 heterocycles. The summed E-state index contributed by atoms with van der Waals surface area (Å²) >= 11 is 2.96. The Morgan fingerprint density at radius 1 is 1.36 bits per heavy atom. The molecule has 1 N–H and O–H groups in total. The Balaban J connectivity index is 3.32. The van der Waals surface area contributed by atoms with Crippen LogP contribution in [0.2, 0.25) is 0 Å². The first-order chi connectivity index (χ1) is 6.36. The number of hydrogen-bond donors (Lipinski definition) is 1. The van der Waals surface area contributed by atoms with Crippen LogP contribution in [0.15, 0.2) is 16.6 Å². The van der Waals surface area contributed by atoms with Gasteiger partial charge >= 0.3 is 6.18 Å². The summed E-state index contributed by atoms with van der Waals surface area (Å²) in [6, 6.07) is 1.68. The van der Waals surface area contributed by atoms with Crippen LogP contribution in [0.25, 0.3) is 0 Å². The topological polar surface area (TPSA) is 29.5 Å². The van der Waals surface area contributed by atoms with Crippen LogP contribution in [0.4, 0.5) is 13.2 Å². The summed E-state index contributed by atoms with van der Waals surface area (Å²) < 4.78 is 41.7. The Hall–Kier alpha value is -0.910. The summed E-state index contributed by atoms with van der Waals surface area (Å²) in [6.45, 7) is 0. The summed E-state index contributed by atoms with van der Waals surface area (Å²) in [6.07, 6.45) is -4.59. The van der Waals surface area contributed by atoms with Crippen LogP contribution in [-0.4, -0.2) is 12.2 Å². The average Bonchev–Trinajstić information content (AvgIpc) is 2.02. The van der Waals surface area contributed by atoms with Crippen molar-refractivity contribution < 1.29 is 23.0 Å². The molecule has 0 aliphatic heterocycles. The second-order valence-corrected chi connectivity index (χ2v) is 3.36. The van der Waals surface area contributed by atoms with Crippen molar-refractivity contribution >= 4 is 15.9 Å². The molecule has 0 unspecified atom stereocenters. The van der Waals surface area contributed by atoms with Gasteiger partial charge in [-0.15, -0.1) is 0 Å². The number of hydrogen-bond acceptors (Lipinski definition) is 2. The molecule has 0 aliphatic carbocycles. The Bertz CT molecular complexity index is 349.